The summed E-state index contributed by atoms with van der Waals surface area (Å²) in [4.78, 5) is 5.90. The number of hydrogen-bond donors (Lipinski definition) is 1. The Kier molecular flexibility index (Phi) is 4.80. The number of aryl methyl sites for hydroxylation is 1. The smallest absolute Gasteiger partial charge is 0.114 e. The summed E-state index contributed by atoms with van der Waals surface area (Å²) in [7, 11) is 0. The normalized spacial score (nSPS) is 12.6. The fraction of sp³-hybridized carbons (Fsp3) is 0.357. The summed E-state index contributed by atoms with van der Waals surface area (Å²) in [6, 6.07) is 8.94. The second-order valence-corrected chi connectivity index (χ2v) is 5.86. The van der Waals surface area contributed by atoms with Gasteiger partial charge in [0.05, 0.1) is 6.04 Å². The number of hydrogen-bond acceptors (Lipinski definition) is 4. The maximum Gasteiger partial charge on any atom is 0.114 e. The van der Waals surface area contributed by atoms with Crippen LogP contribution in [0.2, 0.25) is 0 Å². The van der Waals surface area contributed by atoms with E-state index in [4.69, 9.17) is 0 Å². The highest BCUT2D eigenvalue weighted by Gasteiger charge is 2.15. The molecule has 96 valence electrons. The molecule has 4 heteroatoms. The van der Waals surface area contributed by atoms with Crippen LogP contribution in [0.25, 0.3) is 0 Å². The molecule has 1 heterocycles. The lowest BCUT2D eigenvalue weighted by Crippen LogP contribution is -2.21. The Morgan fingerprint density at radius 2 is 2.06 bits per heavy atom. The van der Waals surface area contributed by atoms with E-state index < -0.39 is 0 Å². The van der Waals surface area contributed by atoms with Crippen LogP contribution in [0.4, 0.5) is 0 Å². The molecule has 18 heavy (non-hydrogen) atoms. The SMILES string of the molecule is CCNC(c1ccc(SC)cc1)c1nc(C)cs1. The number of thiazole rings is 1. The van der Waals surface area contributed by atoms with E-state index in [1.165, 1.54) is 10.5 Å². The van der Waals surface area contributed by atoms with Gasteiger partial charge < -0.3 is 5.32 Å². The van der Waals surface area contributed by atoms with Gasteiger partial charge in [-0.2, -0.15) is 0 Å². The van der Waals surface area contributed by atoms with Crippen molar-refractivity contribution in [2.24, 2.45) is 0 Å². The molecule has 0 aliphatic rings. The van der Waals surface area contributed by atoms with E-state index in [0.717, 1.165) is 17.2 Å². The third kappa shape index (κ3) is 3.13. The van der Waals surface area contributed by atoms with Crippen molar-refractivity contribution >= 4 is 23.1 Å². The van der Waals surface area contributed by atoms with Gasteiger partial charge >= 0.3 is 0 Å². The van der Waals surface area contributed by atoms with Crippen LogP contribution in [0.3, 0.4) is 0 Å². The zero-order chi connectivity index (χ0) is 13.0. The molecule has 0 saturated heterocycles. The Balaban J connectivity index is 2.28. The Labute approximate surface area is 117 Å². The minimum absolute atomic E-state index is 0.213. The van der Waals surface area contributed by atoms with E-state index in [-0.39, 0.29) is 6.04 Å². The lowest BCUT2D eigenvalue weighted by molar-refractivity contribution is 0.626. The molecule has 0 spiro atoms. The van der Waals surface area contributed by atoms with E-state index in [0.29, 0.717) is 0 Å². The molecule has 2 aromatic rings. The molecule has 0 radical (unpaired) electrons. The van der Waals surface area contributed by atoms with Crippen molar-refractivity contribution in [2.75, 3.05) is 12.8 Å². The van der Waals surface area contributed by atoms with E-state index in [1.807, 2.05) is 6.92 Å². The van der Waals surface area contributed by atoms with Crippen molar-refractivity contribution in [2.45, 2.75) is 24.8 Å². The standard InChI is InChI=1S/C14H18N2S2/c1-4-15-13(14-16-10(2)9-18-14)11-5-7-12(17-3)8-6-11/h5-9,13,15H,4H2,1-3H3. The molecule has 1 N–H and O–H groups in total. The molecule has 1 unspecified atom stereocenters. The summed E-state index contributed by atoms with van der Waals surface area (Å²) in [5.74, 6) is 0. The third-order valence-electron chi connectivity index (χ3n) is 2.74. The Hall–Kier alpha value is -0.840. The minimum atomic E-state index is 0.213. The second-order valence-electron chi connectivity index (χ2n) is 4.09. The molecule has 0 aliphatic heterocycles. The highest BCUT2D eigenvalue weighted by atomic mass is 32.2. The number of nitrogens with one attached hydrogen (secondary N) is 1. The lowest BCUT2D eigenvalue weighted by Gasteiger charge is -2.16. The average molecular weight is 278 g/mol. The van der Waals surface area contributed by atoms with Gasteiger partial charge in [0.15, 0.2) is 0 Å². The monoisotopic (exact) mass is 278 g/mol. The van der Waals surface area contributed by atoms with Gasteiger partial charge in [0.2, 0.25) is 0 Å². The second kappa shape index (κ2) is 6.36. The molecule has 1 atom stereocenters. The first-order valence-electron chi connectivity index (χ1n) is 6.04. The van der Waals surface area contributed by atoms with Crippen LogP contribution in [0.5, 0.6) is 0 Å². The van der Waals surface area contributed by atoms with Crippen LogP contribution in [0, 0.1) is 6.92 Å². The molecule has 0 fully saturated rings. The molecular formula is C14H18N2S2. The van der Waals surface area contributed by atoms with Gasteiger partial charge in [0.1, 0.15) is 5.01 Å². The minimum Gasteiger partial charge on any atom is -0.305 e. The third-order valence-corrected chi connectivity index (χ3v) is 4.51. The van der Waals surface area contributed by atoms with Crippen LogP contribution in [-0.2, 0) is 0 Å². The number of thioether (sulfide) groups is 1. The van der Waals surface area contributed by atoms with E-state index >= 15 is 0 Å². The zero-order valence-corrected chi connectivity index (χ0v) is 12.6. The summed E-state index contributed by atoms with van der Waals surface area (Å²) < 4.78 is 0. The Morgan fingerprint density at radius 1 is 1.33 bits per heavy atom. The first-order valence-corrected chi connectivity index (χ1v) is 8.14. The molecule has 1 aromatic heterocycles. The van der Waals surface area contributed by atoms with Crippen LogP contribution >= 0.6 is 23.1 Å². The van der Waals surface area contributed by atoms with Crippen LogP contribution < -0.4 is 5.32 Å². The first-order chi connectivity index (χ1) is 8.74. The molecular weight excluding hydrogens is 260 g/mol. The van der Waals surface area contributed by atoms with E-state index in [2.05, 4.69) is 53.1 Å². The van der Waals surface area contributed by atoms with Crippen molar-refractivity contribution in [3.8, 4) is 0 Å². The largest absolute Gasteiger partial charge is 0.305 e. The number of rotatable bonds is 5. The first kappa shape index (κ1) is 13.6. The predicted octanol–water partition coefficient (Wildman–Crippen LogP) is 3.87. The molecule has 2 rings (SSSR count). The summed E-state index contributed by atoms with van der Waals surface area (Å²) >= 11 is 3.49. The van der Waals surface area contributed by atoms with Gasteiger partial charge in [-0.15, -0.1) is 23.1 Å². The molecule has 1 aromatic carbocycles. The lowest BCUT2D eigenvalue weighted by atomic mass is 10.1. The molecule has 0 amide bonds. The van der Waals surface area contributed by atoms with Crippen molar-refractivity contribution in [1.29, 1.82) is 0 Å². The van der Waals surface area contributed by atoms with Crippen LogP contribution in [-0.4, -0.2) is 17.8 Å². The zero-order valence-electron chi connectivity index (χ0n) is 10.9. The van der Waals surface area contributed by atoms with Gasteiger partial charge in [-0.25, -0.2) is 4.98 Å². The average Bonchev–Trinajstić information content (AvgIpc) is 2.82. The van der Waals surface area contributed by atoms with Crippen molar-refractivity contribution in [1.82, 2.24) is 10.3 Å². The highest BCUT2D eigenvalue weighted by Crippen LogP contribution is 2.26. The van der Waals surface area contributed by atoms with Gasteiger partial charge in [0.25, 0.3) is 0 Å². The van der Waals surface area contributed by atoms with Crippen LogP contribution in [0.15, 0.2) is 34.5 Å². The van der Waals surface area contributed by atoms with Crippen LogP contribution in [0.1, 0.15) is 29.2 Å². The van der Waals surface area contributed by atoms with Gasteiger partial charge in [-0.05, 0) is 37.4 Å². The maximum atomic E-state index is 4.60. The Morgan fingerprint density at radius 3 is 2.56 bits per heavy atom. The van der Waals surface area contributed by atoms with Crippen molar-refractivity contribution < 1.29 is 0 Å². The fourth-order valence-electron chi connectivity index (χ4n) is 1.85. The highest BCUT2D eigenvalue weighted by molar-refractivity contribution is 7.98. The summed E-state index contributed by atoms with van der Waals surface area (Å²) in [6.07, 6.45) is 2.10. The van der Waals surface area contributed by atoms with E-state index in [1.54, 1.807) is 23.1 Å². The molecule has 2 nitrogen and oxygen atoms in total. The van der Waals surface area contributed by atoms with Crippen molar-refractivity contribution in [3.63, 3.8) is 0 Å². The Bertz CT molecular complexity index is 491. The number of aromatic nitrogens is 1. The number of benzene rings is 1. The topological polar surface area (TPSA) is 24.9 Å². The summed E-state index contributed by atoms with van der Waals surface area (Å²) in [6.45, 7) is 5.11. The molecule has 0 aliphatic carbocycles. The summed E-state index contributed by atoms with van der Waals surface area (Å²) in [5.41, 5.74) is 2.38. The van der Waals surface area contributed by atoms with Crippen molar-refractivity contribution in [3.05, 3.63) is 45.9 Å². The van der Waals surface area contributed by atoms with Gasteiger partial charge in [-0.1, -0.05) is 19.1 Å². The predicted molar refractivity (Wildman–Crippen MR) is 80.6 cm³/mol. The quantitative estimate of drug-likeness (QED) is 0.840. The molecule has 0 bridgehead atoms. The van der Waals surface area contributed by atoms with Gasteiger partial charge in [0, 0.05) is 16.0 Å². The number of nitrogens with zero attached hydrogens (tertiary/aromatic N) is 1. The van der Waals surface area contributed by atoms with E-state index in [9.17, 15) is 0 Å². The maximum absolute atomic E-state index is 4.60. The van der Waals surface area contributed by atoms with Gasteiger partial charge in [-0.3, -0.25) is 0 Å². The fourth-order valence-corrected chi connectivity index (χ4v) is 3.16. The molecule has 0 saturated carbocycles. The summed E-state index contributed by atoms with van der Waals surface area (Å²) in [5, 5.41) is 6.76.